The van der Waals surface area contributed by atoms with Gasteiger partial charge in [-0.25, -0.2) is 4.79 Å². The minimum Gasteiger partial charge on any atom is -0.378 e. The Morgan fingerprint density at radius 3 is 3.00 bits per heavy atom. The van der Waals surface area contributed by atoms with Gasteiger partial charge in [0.25, 0.3) is 0 Å². The zero-order chi connectivity index (χ0) is 16.4. The molecule has 0 bridgehead atoms. The van der Waals surface area contributed by atoms with Gasteiger partial charge in [0, 0.05) is 55.9 Å². The summed E-state index contributed by atoms with van der Waals surface area (Å²) in [5, 5.41) is 4.16. The molecule has 0 spiro atoms. The predicted molar refractivity (Wildman–Crippen MR) is 93.2 cm³/mol. The van der Waals surface area contributed by atoms with Gasteiger partial charge in [-0.3, -0.25) is 4.90 Å². The number of urea groups is 1. The largest absolute Gasteiger partial charge is 0.378 e. The molecular formula is C18H24N4O2. The molecule has 6 nitrogen and oxygen atoms in total. The summed E-state index contributed by atoms with van der Waals surface area (Å²) in [7, 11) is 0. The highest BCUT2D eigenvalue weighted by Crippen LogP contribution is 2.21. The van der Waals surface area contributed by atoms with E-state index in [2.05, 4.69) is 45.7 Å². The van der Waals surface area contributed by atoms with Crippen molar-refractivity contribution >= 4 is 16.9 Å². The topological polar surface area (TPSA) is 60.6 Å². The van der Waals surface area contributed by atoms with Crippen molar-refractivity contribution in [3.05, 3.63) is 36.0 Å². The van der Waals surface area contributed by atoms with Crippen molar-refractivity contribution < 1.29 is 9.53 Å². The van der Waals surface area contributed by atoms with Crippen molar-refractivity contribution in [3.8, 4) is 0 Å². The van der Waals surface area contributed by atoms with E-state index in [-0.39, 0.29) is 6.03 Å². The van der Waals surface area contributed by atoms with E-state index in [1.165, 1.54) is 16.5 Å². The second-order valence-corrected chi connectivity index (χ2v) is 6.55. The summed E-state index contributed by atoms with van der Waals surface area (Å²) in [6.07, 6.45) is 3.08. The maximum atomic E-state index is 11.7. The van der Waals surface area contributed by atoms with Crippen molar-refractivity contribution in [2.45, 2.75) is 12.5 Å². The summed E-state index contributed by atoms with van der Waals surface area (Å²) >= 11 is 0. The molecule has 128 valence electrons. The highest BCUT2D eigenvalue weighted by molar-refractivity contribution is 5.83. The molecule has 1 aromatic carbocycles. The molecule has 2 aliphatic heterocycles. The number of aromatic amines is 1. The standard InChI is InChI=1S/C18H24N4O2/c23-18-19-5-6-22(18)8-7-21-9-10-24-13-15(21)11-14-12-20-17-4-2-1-3-16(14)17/h1-4,12,15,20H,5-11,13H2,(H,19,23). The molecule has 1 aromatic heterocycles. The van der Waals surface area contributed by atoms with Gasteiger partial charge in [-0.05, 0) is 18.1 Å². The number of fused-ring (bicyclic) bond motifs is 1. The van der Waals surface area contributed by atoms with Crippen LogP contribution in [0, 0.1) is 0 Å². The number of ether oxygens (including phenoxy) is 1. The van der Waals surface area contributed by atoms with Crippen LogP contribution >= 0.6 is 0 Å². The SMILES string of the molecule is O=C1NCCN1CCN1CCOCC1Cc1c[nH]c2ccccc12. The minimum absolute atomic E-state index is 0.0661. The molecule has 2 aliphatic rings. The zero-order valence-electron chi connectivity index (χ0n) is 13.8. The van der Waals surface area contributed by atoms with Crippen LogP contribution in [0.25, 0.3) is 10.9 Å². The number of carbonyl (C=O) groups excluding carboxylic acids is 1. The lowest BCUT2D eigenvalue weighted by Gasteiger charge is -2.36. The predicted octanol–water partition coefficient (Wildman–Crippen LogP) is 1.44. The Morgan fingerprint density at radius 2 is 2.12 bits per heavy atom. The van der Waals surface area contributed by atoms with Crippen LogP contribution < -0.4 is 5.32 Å². The molecule has 4 rings (SSSR count). The second-order valence-electron chi connectivity index (χ2n) is 6.55. The summed E-state index contributed by atoms with van der Waals surface area (Å²) in [5.41, 5.74) is 2.52. The molecular weight excluding hydrogens is 304 g/mol. The van der Waals surface area contributed by atoms with Crippen molar-refractivity contribution in [3.63, 3.8) is 0 Å². The van der Waals surface area contributed by atoms with E-state index >= 15 is 0 Å². The number of hydrogen-bond acceptors (Lipinski definition) is 3. The van der Waals surface area contributed by atoms with Crippen molar-refractivity contribution in [2.24, 2.45) is 0 Å². The number of amides is 2. The smallest absolute Gasteiger partial charge is 0.317 e. The number of rotatable bonds is 5. The Kier molecular flexibility index (Phi) is 4.40. The van der Waals surface area contributed by atoms with Gasteiger partial charge >= 0.3 is 6.03 Å². The van der Waals surface area contributed by atoms with Crippen LogP contribution in [0.3, 0.4) is 0 Å². The molecule has 2 aromatic rings. The number of nitrogens with one attached hydrogen (secondary N) is 2. The maximum absolute atomic E-state index is 11.7. The summed E-state index contributed by atoms with van der Waals surface area (Å²) in [5.74, 6) is 0. The monoisotopic (exact) mass is 328 g/mol. The fourth-order valence-corrected chi connectivity index (χ4v) is 3.70. The number of morpholine rings is 1. The highest BCUT2D eigenvalue weighted by atomic mass is 16.5. The van der Waals surface area contributed by atoms with Crippen LogP contribution in [0.1, 0.15) is 5.56 Å². The van der Waals surface area contributed by atoms with Crippen molar-refractivity contribution in [1.82, 2.24) is 20.1 Å². The van der Waals surface area contributed by atoms with Crippen molar-refractivity contribution in [2.75, 3.05) is 45.9 Å². The highest BCUT2D eigenvalue weighted by Gasteiger charge is 2.26. The Bertz CT molecular complexity index is 714. The van der Waals surface area contributed by atoms with E-state index in [1.54, 1.807) is 0 Å². The molecule has 2 fully saturated rings. The number of H-pyrrole nitrogens is 1. The van der Waals surface area contributed by atoms with Gasteiger partial charge in [0.05, 0.1) is 13.2 Å². The van der Waals surface area contributed by atoms with Gasteiger partial charge in [-0.1, -0.05) is 18.2 Å². The number of carbonyl (C=O) groups is 1. The molecule has 2 N–H and O–H groups in total. The van der Waals surface area contributed by atoms with Crippen LogP contribution in [0.2, 0.25) is 0 Å². The molecule has 1 atom stereocenters. The third-order valence-electron chi connectivity index (χ3n) is 5.08. The van der Waals surface area contributed by atoms with Crippen molar-refractivity contribution in [1.29, 1.82) is 0 Å². The number of nitrogens with zero attached hydrogens (tertiary/aromatic N) is 2. The quantitative estimate of drug-likeness (QED) is 0.873. The first kappa shape index (κ1) is 15.5. The molecule has 3 heterocycles. The molecule has 0 aliphatic carbocycles. The van der Waals surface area contributed by atoms with Crippen LogP contribution in [0.4, 0.5) is 4.79 Å². The van der Waals surface area contributed by atoms with Gasteiger partial charge in [-0.2, -0.15) is 0 Å². The first-order chi connectivity index (χ1) is 11.8. The summed E-state index contributed by atoms with van der Waals surface area (Å²) < 4.78 is 5.72. The third-order valence-corrected chi connectivity index (χ3v) is 5.08. The fraction of sp³-hybridized carbons (Fsp3) is 0.500. The average molecular weight is 328 g/mol. The van der Waals surface area contributed by atoms with E-state index < -0.39 is 0 Å². The molecule has 6 heteroatoms. The Morgan fingerprint density at radius 1 is 1.21 bits per heavy atom. The molecule has 24 heavy (non-hydrogen) atoms. The lowest BCUT2D eigenvalue weighted by atomic mass is 10.0. The van der Waals surface area contributed by atoms with Crippen LogP contribution in [0.5, 0.6) is 0 Å². The van der Waals surface area contributed by atoms with Gasteiger partial charge in [0.2, 0.25) is 0 Å². The van der Waals surface area contributed by atoms with Gasteiger partial charge in [0.1, 0.15) is 0 Å². The average Bonchev–Trinajstić information content (AvgIpc) is 3.21. The molecule has 0 radical (unpaired) electrons. The summed E-state index contributed by atoms with van der Waals surface area (Å²) in [6, 6.07) is 8.85. The Labute approximate surface area is 141 Å². The van der Waals surface area contributed by atoms with Crippen LogP contribution in [-0.4, -0.2) is 72.8 Å². The maximum Gasteiger partial charge on any atom is 0.317 e. The molecule has 0 saturated carbocycles. The lowest BCUT2D eigenvalue weighted by molar-refractivity contribution is -0.00871. The van der Waals surface area contributed by atoms with E-state index in [9.17, 15) is 4.79 Å². The molecule has 1 unspecified atom stereocenters. The van der Waals surface area contributed by atoms with Crippen LogP contribution in [-0.2, 0) is 11.2 Å². The van der Waals surface area contributed by atoms with Gasteiger partial charge < -0.3 is 19.9 Å². The van der Waals surface area contributed by atoms with Gasteiger partial charge in [-0.15, -0.1) is 0 Å². The Hall–Kier alpha value is -2.05. The molecule has 2 saturated heterocycles. The third kappa shape index (κ3) is 3.12. The Balaban J connectivity index is 1.43. The number of benzene rings is 1. The van der Waals surface area contributed by atoms with E-state index in [0.717, 1.165) is 52.4 Å². The van der Waals surface area contributed by atoms with Gasteiger partial charge in [0.15, 0.2) is 0 Å². The zero-order valence-corrected chi connectivity index (χ0v) is 13.8. The fourth-order valence-electron chi connectivity index (χ4n) is 3.70. The second kappa shape index (κ2) is 6.83. The summed E-state index contributed by atoms with van der Waals surface area (Å²) in [6.45, 7) is 5.74. The normalized spacial score (nSPS) is 22.2. The minimum atomic E-state index is 0.0661. The van der Waals surface area contributed by atoms with E-state index in [1.807, 2.05) is 4.90 Å². The lowest BCUT2D eigenvalue weighted by Crippen LogP contribution is -2.49. The number of para-hydroxylation sites is 1. The van der Waals surface area contributed by atoms with E-state index in [4.69, 9.17) is 4.74 Å². The molecule has 2 amide bonds. The number of aromatic nitrogens is 1. The number of hydrogen-bond donors (Lipinski definition) is 2. The first-order valence-electron chi connectivity index (χ1n) is 8.71. The summed E-state index contributed by atoms with van der Waals surface area (Å²) in [4.78, 5) is 19.4. The first-order valence-corrected chi connectivity index (χ1v) is 8.71. The van der Waals surface area contributed by atoms with Crippen LogP contribution in [0.15, 0.2) is 30.5 Å². The van der Waals surface area contributed by atoms with E-state index in [0.29, 0.717) is 6.04 Å².